The van der Waals surface area contributed by atoms with Crippen molar-refractivity contribution in [3.05, 3.63) is 59.7 Å². The summed E-state index contributed by atoms with van der Waals surface area (Å²) in [6.07, 6.45) is 9.63. The molecule has 5 nitrogen and oxygen atoms in total. The van der Waals surface area contributed by atoms with Gasteiger partial charge in [-0.1, -0.05) is 62.9 Å². The fraction of sp³-hybridized carbons (Fsp3) is 0.481. The molecule has 5 heteroatoms. The number of unbranched alkanes of at least 4 members (excludes halogenated alkanes) is 4. The molecule has 32 heavy (non-hydrogen) atoms. The maximum Gasteiger partial charge on any atom is 0.253 e. The number of rotatable bonds is 11. The molecule has 0 spiro atoms. The number of anilines is 2. The lowest BCUT2D eigenvalue weighted by atomic mass is 10.1. The maximum absolute atomic E-state index is 13.1. The van der Waals surface area contributed by atoms with Crippen molar-refractivity contribution in [3.63, 3.8) is 0 Å². The third-order valence-corrected chi connectivity index (χ3v) is 6.02. The van der Waals surface area contributed by atoms with Crippen LogP contribution in [0.5, 0.6) is 0 Å². The lowest BCUT2D eigenvalue weighted by Gasteiger charge is -2.30. The Bertz CT molecular complexity index is 860. The minimum absolute atomic E-state index is 0.0165. The number of nitrogens with one attached hydrogen (secondary N) is 2. The molecule has 1 fully saturated rings. The molecule has 0 saturated carbocycles. The predicted octanol–water partition coefficient (Wildman–Crippen LogP) is 5.91. The molecule has 0 radical (unpaired) electrons. The first-order valence-electron chi connectivity index (χ1n) is 12.2. The lowest BCUT2D eigenvalue weighted by molar-refractivity contribution is -0.116. The molecule has 172 valence electrons. The molecule has 2 amide bonds. The van der Waals surface area contributed by atoms with Gasteiger partial charge in [-0.15, -0.1) is 0 Å². The zero-order valence-electron chi connectivity index (χ0n) is 19.4. The van der Waals surface area contributed by atoms with Crippen molar-refractivity contribution in [2.75, 3.05) is 23.3 Å². The number of benzene rings is 2. The van der Waals surface area contributed by atoms with E-state index in [0.717, 1.165) is 50.0 Å². The summed E-state index contributed by atoms with van der Waals surface area (Å²) in [6.45, 7) is 4.59. The molecule has 0 bridgehead atoms. The smallest absolute Gasteiger partial charge is 0.253 e. The van der Waals surface area contributed by atoms with Gasteiger partial charge in [0.1, 0.15) is 0 Å². The van der Waals surface area contributed by atoms with Gasteiger partial charge in [-0.25, -0.2) is 0 Å². The number of nitrogens with zero attached hydrogens (tertiary/aromatic N) is 1. The monoisotopic (exact) mass is 435 g/mol. The van der Waals surface area contributed by atoms with Crippen molar-refractivity contribution in [2.45, 2.75) is 71.3 Å². The van der Waals surface area contributed by atoms with Crippen molar-refractivity contribution in [1.29, 1.82) is 0 Å². The molecule has 3 rings (SSSR count). The minimum atomic E-state index is -0.106. The van der Waals surface area contributed by atoms with E-state index >= 15 is 0 Å². The molecule has 0 unspecified atom stereocenters. The maximum atomic E-state index is 13.1. The summed E-state index contributed by atoms with van der Waals surface area (Å²) in [5.74, 6) is -0.0899. The van der Waals surface area contributed by atoms with Gasteiger partial charge < -0.3 is 15.5 Å². The summed E-state index contributed by atoms with van der Waals surface area (Å²) in [4.78, 5) is 27.8. The van der Waals surface area contributed by atoms with Crippen LogP contribution in [0, 0.1) is 0 Å². The van der Waals surface area contributed by atoms with Crippen molar-refractivity contribution >= 4 is 23.2 Å². The van der Waals surface area contributed by atoms with E-state index in [-0.39, 0.29) is 11.8 Å². The van der Waals surface area contributed by atoms with Crippen molar-refractivity contribution in [3.8, 4) is 0 Å². The van der Waals surface area contributed by atoms with Crippen LogP contribution >= 0.6 is 0 Å². The van der Waals surface area contributed by atoms with E-state index in [9.17, 15) is 9.59 Å². The molecule has 2 N–H and O–H groups in total. The highest BCUT2D eigenvalue weighted by Crippen LogP contribution is 2.27. The topological polar surface area (TPSA) is 61.4 Å². The Morgan fingerprint density at radius 2 is 1.66 bits per heavy atom. The van der Waals surface area contributed by atoms with Gasteiger partial charge >= 0.3 is 0 Å². The van der Waals surface area contributed by atoms with Crippen LogP contribution in [0.1, 0.15) is 80.6 Å². The fourth-order valence-corrected chi connectivity index (χ4v) is 4.19. The Hall–Kier alpha value is -2.82. The molecular formula is C27H37N3O2. The first-order valence-corrected chi connectivity index (χ1v) is 12.2. The molecular weight excluding hydrogens is 398 g/mol. The standard InChI is InChI=1S/C27H37N3O2/c1-2-3-4-5-10-15-26(31)29-23-16-17-25(30-18-11-7-12-19-30)24(20-23)27(32)28-21-22-13-8-6-9-14-22/h6,8-9,13-14,16-17,20H,2-5,7,10-12,15,18-19,21H2,1H3,(H,28,32)(H,29,31). The summed E-state index contributed by atoms with van der Waals surface area (Å²) < 4.78 is 0. The van der Waals surface area contributed by atoms with E-state index in [1.165, 1.54) is 25.7 Å². The Labute approximate surface area is 192 Å². The second-order valence-electron chi connectivity index (χ2n) is 8.66. The third-order valence-electron chi connectivity index (χ3n) is 6.02. The molecule has 1 heterocycles. The SMILES string of the molecule is CCCCCCCC(=O)Nc1ccc(N2CCCCC2)c(C(=O)NCc2ccccc2)c1. The molecule has 1 saturated heterocycles. The Kier molecular flexibility index (Phi) is 9.60. The number of carbonyl (C=O) groups excluding carboxylic acids is 2. The van der Waals surface area contributed by atoms with Gasteiger partial charge in [-0.3, -0.25) is 9.59 Å². The number of carbonyl (C=O) groups is 2. The molecule has 2 aromatic carbocycles. The minimum Gasteiger partial charge on any atom is -0.371 e. The van der Waals surface area contributed by atoms with Gasteiger partial charge in [-0.05, 0) is 49.4 Å². The molecule has 0 aliphatic carbocycles. The van der Waals surface area contributed by atoms with Gasteiger partial charge in [0.05, 0.1) is 5.56 Å². The van der Waals surface area contributed by atoms with Crippen LogP contribution in [0.2, 0.25) is 0 Å². The average molecular weight is 436 g/mol. The van der Waals surface area contributed by atoms with E-state index in [1.54, 1.807) is 0 Å². The third kappa shape index (κ3) is 7.40. The van der Waals surface area contributed by atoms with Crippen molar-refractivity contribution in [1.82, 2.24) is 5.32 Å². The van der Waals surface area contributed by atoms with Crippen LogP contribution in [0.3, 0.4) is 0 Å². The van der Waals surface area contributed by atoms with Gasteiger partial charge in [0.15, 0.2) is 0 Å². The summed E-state index contributed by atoms with van der Waals surface area (Å²) in [5.41, 5.74) is 3.33. The van der Waals surface area contributed by atoms with Gasteiger partial charge in [-0.2, -0.15) is 0 Å². The molecule has 0 atom stereocenters. The Balaban J connectivity index is 1.68. The van der Waals surface area contributed by atoms with E-state index in [4.69, 9.17) is 0 Å². The first kappa shape index (κ1) is 23.8. The summed E-state index contributed by atoms with van der Waals surface area (Å²) in [5, 5.41) is 6.05. The summed E-state index contributed by atoms with van der Waals surface area (Å²) >= 11 is 0. The Morgan fingerprint density at radius 1 is 0.906 bits per heavy atom. The lowest BCUT2D eigenvalue weighted by Crippen LogP contribution is -2.32. The van der Waals surface area contributed by atoms with E-state index < -0.39 is 0 Å². The largest absolute Gasteiger partial charge is 0.371 e. The fourth-order valence-electron chi connectivity index (χ4n) is 4.19. The summed E-state index contributed by atoms with van der Waals surface area (Å²) in [6, 6.07) is 15.7. The van der Waals surface area contributed by atoms with E-state index in [2.05, 4.69) is 22.5 Å². The van der Waals surface area contributed by atoms with Gasteiger partial charge in [0.25, 0.3) is 5.91 Å². The second kappa shape index (κ2) is 12.9. The second-order valence-corrected chi connectivity index (χ2v) is 8.66. The van der Waals surface area contributed by atoms with Crippen molar-refractivity contribution < 1.29 is 9.59 Å². The van der Waals surface area contributed by atoms with Gasteiger partial charge in [0.2, 0.25) is 5.91 Å². The van der Waals surface area contributed by atoms with Crippen LogP contribution in [0.15, 0.2) is 48.5 Å². The van der Waals surface area contributed by atoms with Crippen LogP contribution in [-0.4, -0.2) is 24.9 Å². The highest BCUT2D eigenvalue weighted by Gasteiger charge is 2.19. The van der Waals surface area contributed by atoms with Gasteiger partial charge in [0, 0.05) is 37.4 Å². The van der Waals surface area contributed by atoms with Crippen LogP contribution in [0.4, 0.5) is 11.4 Å². The quantitative estimate of drug-likeness (QED) is 0.432. The van der Waals surface area contributed by atoms with E-state index in [1.807, 2.05) is 48.5 Å². The highest BCUT2D eigenvalue weighted by molar-refractivity contribution is 6.02. The number of hydrogen-bond donors (Lipinski definition) is 2. The average Bonchev–Trinajstić information content (AvgIpc) is 2.83. The van der Waals surface area contributed by atoms with Crippen LogP contribution in [0.25, 0.3) is 0 Å². The zero-order chi connectivity index (χ0) is 22.6. The number of hydrogen-bond acceptors (Lipinski definition) is 3. The molecule has 1 aliphatic rings. The predicted molar refractivity (Wildman–Crippen MR) is 132 cm³/mol. The highest BCUT2D eigenvalue weighted by atomic mass is 16.2. The number of amides is 2. The first-order chi connectivity index (χ1) is 15.7. The van der Waals surface area contributed by atoms with Crippen molar-refractivity contribution in [2.24, 2.45) is 0 Å². The Morgan fingerprint density at radius 3 is 2.41 bits per heavy atom. The van der Waals surface area contributed by atoms with E-state index in [0.29, 0.717) is 24.2 Å². The molecule has 1 aliphatic heterocycles. The normalized spacial score (nSPS) is 13.6. The molecule has 0 aromatic heterocycles. The number of piperidine rings is 1. The molecule has 2 aromatic rings. The van der Waals surface area contributed by atoms with Crippen LogP contribution < -0.4 is 15.5 Å². The van der Waals surface area contributed by atoms with Crippen LogP contribution in [-0.2, 0) is 11.3 Å². The zero-order valence-corrected chi connectivity index (χ0v) is 19.4. The summed E-state index contributed by atoms with van der Waals surface area (Å²) in [7, 11) is 0.